The van der Waals surface area contributed by atoms with Crippen LogP contribution in [0.4, 0.5) is 13.2 Å². The molecule has 0 bridgehead atoms. The number of piperidine rings is 1. The molecular formula is C14H16F3N5O3S. The van der Waals surface area contributed by atoms with Gasteiger partial charge in [-0.1, -0.05) is 0 Å². The maximum atomic E-state index is 12.8. The molecular weight excluding hydrogens is 375 g/mol. The number of aromatic nitrogens is 1. The van der Waals surface area contributed by atoms with Gasteiger partial charge in [0.2, 0.25) is 0 Å². The molecule has 0 radical (unpaired) electrons. The lowest BCUT2D eigenvalue weighted by Gasteiger charge is -2.35. The maximum absolute atomic E-state index is 12.8. The van der Waals surface area contributed by atoms with Crippen molar-refractivity contribution in [2.45, 2.75) is 31.5 Å². The van der Waals surface area contributed by atoms with Crippen molar-refractivity contribution >= 4 is 16.1 Å². The van der Waals surface area contributed by atoms with E-state index in [1.54, 1.807) is 0 Å². The molecule has 12 heteroatoms. The van der Waals surface area contributed by atoms with Crippen molar-refractivity contribution in [3.63, 3.8) is 0 Å². The molecule has 3 N–H and O–H groups in total. The molecule has 2 rings (SSSR count). The van der Waals surface area contributed by atoms with E-state index in [9.17, 15) is 26.4 Å². The molecule has 0 spiro atoms. The lowest BCUT2D eigenvalue weighted by molar-refractivity contribution is -0.141. The van der Waals surface area contributed by atoms with Crippen molar-refractivity contribution in [2.24, 2.45) is 5.14 Å². The fraction of sp³-hybridized carbons (Fsp3) is 0.500. The Bertz CT molecular complexity index is 835. The number of likely N-dealkylation sites (tertiary alicyclic amines) is 1. The fourth-order valence-electron chi connectivity index (χ4n) is 2.75. The topological polar surface area (TPSA) is 129 Å². The Labute approximate surface area is 148 Å². The van der Waals surface area contributed by atoms with E-state index in [1.165, 1.54) is 11.0 Å². The molecule has 1 aliphatic heterocycles. The second kappa shape index (κ2) is 7.56. The van der Waals surface area contributed by atoms with Crippen LogP contribution in [0.15, 0.2) is 12.3 Å². The average molecular weight is 391 g/mol. The van der Waals surface area contributed by atoms with Crippen molar-refractivity contribution in [2.75, 3.05) is 13.1 Å². The second-order valence-corrected chi connectivity index (χ2v) is 7.15. The lowest BCUT2D eigenvalue weighted by Crippen LogP contribution is -2.50. The number of rotatable bonds is 4. The van der Waals surface area contributed by atoms with Gasteiger partial charge in [0.1, 0.15) is 6.07 Å². The predicted octanol–water partition coefficient (Wildman–Crippen LogP) is 0.760. The molecule has 1 aromatic heterocycles. The molecule has 1 fully saturated rings. The van der Waals surface area contributed by atoms with Gasteiger partial charge in [-0.2, -0.15) is 26.9 Å². The number of hydrogen-bond acceptors (Lipinski definition) is 5. The van der Waals surface area contributed by atoms with Gasteiger partial charge in [0, 0.05) is 25.3 Å². The first-order valence-corrected chi connectivity index (χ1v) is 9.13. The van der Waals surface area contributed by atoms with Gasteiger partial charge in [-0.05, 0) is 25.3 Å². The number of alkyl halides is 3. The minimum absolute atomic E-state index is 0.107. The first kappa shape index (κ1) is 20.1. The lowest BCUT2D eigenvalue weighted by atomic mass is 10.0. The van der Waals surface area contributed by atoms with Gasteiger partial charge in [-0.3, -0.25) is 4.79 Å². The van der Waals surface area contributed by atoms with Crippen LogP contribution in [0.25, 0.3) is 0 Å². The van der Waals surface area contributed by atoms with E-state index in [0.29, 0.717) is 19.4 Å². The Kier molecular flexibility index (Phi) is 5.84. The van der Waals surface area contributed by atoms with E-state index in [0.717, 1.165) is 18.7 Å². The summed E-state index contributed by atoms with van der Waals surface area (Å²) in [4.78, 5) is 17.2. The predicted molar refractivity (Wildman–Crippen MR) is 83.7 cm³/mol. The van der Waals surface area contributed by atoms with E-state index >= 15 is 0 Å². The number of pyridine rings is 1. The number of nitrogens with zero attached hydrogens (tertiary/aromatic N) is 3. The molecule has 142 valence electrons. The van der Waals surface area contributed by atoms with Crippen LogP contribution in [0.5, 0.6) is 0 Å². The Balaban J connectivity index is 2.27. The molecule has 0 aliphatic carbocycles. The zero-order chi connectivity index (χ0) is 19.5. The van der Waals surface area contributed by atoms with Gasteiger partial charge in [0.25, 0.3) is 16.1 Å². The SMILES string of the molecule is N#Cc1cc(C(=O)N2CCCCC2CNS(N)(=O)=O)cnc1C(F)(F)F. The third kappa shape index (κ3) is 4.90. The Hall–Kier alpha value is -2.23. The van der Waals surface area contributed by atoms with Crippen LogP contribution >= 0.6 is 0 Å². The summed E-state index contributed by atoms with van der Waals surface area (Å²) in [6, 6.07) is 1.74. The monoisotopic (exact) mass is 391 g/mol. The number of nitriles is 1. The molecule has 1 aliphatic rings. The summed E-state index contributed by atoms with van der Waals surface area (Å²) in [5.41, 5.74) is -2.28. The van der Waals surface area contributed by atoms with Crippen LogP contribution in [0.2, 0.25) is 0 Å². The van der Waals surface area contributed by atoms with Crippen molar-refractivity contribution in [3.8, 4) is 6.07 Å². The minimum atomic E-state index is -4.81. The number of amides is 1. The molecule has 1 unspecified atom stereocenters. The first-order valence-electron chi connectivity index (χ1n) is 7.58. The van der Waals surface area contributed by atoms with Crippen LogP contribution in [0.1, 0.15) is 40.9 Å². The van der Waals surface area contributed by atoms with Gasteiger partial charge >= 0.3 is 6.18 Å². The molecule has 8 nitrogen and oxygen atoms in total. The van der Waals surface area contributed by atoms with E-state index in [-0.39, 0.29) is 12.1 Å². The van der Waals surface area contributed by atoms with Crippen molar-refractivity contribution in [1.29, 1.82) is 5.26 Å². The van der Waals surface area contributed by atoms with E-state index in [1.807, 2.05) is 0 Å². The summed E-state index contributed by atoms with van der Waals surface area (Å²) in [6.45, 7) is 0.197. The van der Waals surface area contributed by atoms with Crippen molar-refractivity contribution in [1.82, 2.24) is 14.6 Å². The summed E-state index contributed by atoms with van der Waals surface area (Å²) in [5, 5.41) is 13.8. The third-order valence-electron chi connectivity index (χ3n) is 3.93. The Morgan fingerprint density at radius 1 is 1.46 bits per heavy atom. The van der Waals surface area contributed by atoms with Crippen LogP contribution in [-0.4, -0.2) is 43.3 Å². The second-order valence-electron chi connectivity index (χ2n) is 5.77. The quantitative estimate of drug-likeness (QED) is 0.783. The zero-order valence-electron chi connectivity index (χ0n) is 13.5. The van der Waals surface area contributed by atoms with Gasteiger partial charge < -0.3 is 4.90 Å². The van der Waals surface area contributed by atoms with E-state index in [2.05, 4.69) is 9.71 Å². The molecule has 2 heterocycles. The summed E-state index contributed by atoms with van der Waals surface area (Å²) in [7, 11) is -3.94. The Morgan fingerprint density at radius 2 is 2.15 bits per heavy atom. The summed E-state index contributed by atoms with van der Waals surface area (Å²) < 4.78 is 62.6. The van der Waals surface area contributed by atoms with Crippen molar-refractivity contribution < 1.29 is 26.4 Å². The Morgan fingerprint density at radius 3 is 2.73 bits per heavy atom. The number of carbonyl (C=O) groups excluding carboxylic acids is 1. The summed E-state index contributed by atoms with van der Waals surface area (Å²) in [6.07, 6.45) is -2.11. The van der Waals surface area contributed by atoms with Crippen LogP contribution in [-0.2, 0) is 16.4 Å². The van der Waals surface area contributed by atoms with Crippen LogP contribution < -0.4 is 9.86 Å². The number of carbonyl (C=O) groups is 1. The normalized spacial score (nSPS) is 18.4. The molecule has 0 saturated carbocycles. The molecule has 0 aromatic carbocycles. The van der Waals surface area contributed by atoms with E-state index in [4.69, 9.17) is 10.4 Å². The molecule has 1 amide bonds. The standard InChI is InChI=1S/C14H16F3N5O3S/c15-14(16,17)12-9(6-18)5-10(7-20-12)13(23)22-4-2-1-3-11(22)8-21-26(19,24)25/h5,7,11,21H,1-4,8H2,(H2,19,24,25). The summed E-state index contributed by atoms with van der Waals surface area (Å²) in [5.74, 6) is -0.622. The fourth-order valence-corrected chi connectivity index (χ4v) is 3.18. The van der Waals surface area contributed by atoms with Crippen LogP contribution in [0.3, 0.4) is 0 Å². The highest BCUT2D eigenvalue weighted by atomic mass is 32.2. The van der Waals surface area contributed by atoms with Gasteiger partial charge in [0.15, 0.2) is 5.69 Å². The maximum Gasteiger partial charge on any atom is 0.434 e. The number of halogens is 3. The molecule has 1 saturated heterocycles. The van der Waals surface area contributed by atoms with Crippen LogP contribution in [0, 0.1) is 11.3 Å². The van der Waals surface area contributed by atoms with Crippen molar-refractivity contribution in [3.05, 3.63) is 29.1 Å². The average Bonchev–Trinajstić information content (AvgIpc) is 2.57. The number of nitrogens with one attached hydrogen (secondary N) is 1. The zero-order valence-corrected chi connectivity index (χ0v) is 14.3. The highest BCUT2D eigenvalue weighted by molar-refractivity contribution is 7.87. The number of hydrogen-bond donors (Lipinski definition) is 2. The molecule has 26 heavy (non-hydrogen) atoms. The third-order valence-corrected chi connectivity index (χ3v) is 4.50. The highest BCUT2D eigenvalue weighted by Gasteiger charge is 2.36. The van der Waals surface area contributed by atoms with E-state index < -0.39 is 39.6 Å². The molecule has 1 atom stereocenters. The first-order chi connectivity index (χ1) is 12.0. The van der Waals surface area contributed by atoms with Gasteiger partial charge in [0.05, 0.1) is 11.1 Å². The minimum Gasteiger partial charge on any atom is -0.334 e. The smallest absolute Gasteiger partial charge is 0.334 e. The summed E-state index contributed by atoms with van der Waals surface area (Å²) >= 11 is 0. The largest absolute Gasteiger partial charge is 0.434 e. The molecule has 1 aromatic rings. The highest BCUT2D eigenvalue weighted by Crippen LogP contribution is 2.30. The number of nitrogens with two attached hydrogens (primary N) is 1. The van der Waals surface area contributed by atoms with Gasteiger partial charge in [-0.25, -0.2) is 14.8 Å². The van der Waals surface area contributed by atoms with Gasteiger partial charge in [-0.15, -0.1) is 0 Å².